The van der Waals surface area contributed by atoms with Gasteiger partial charge in [-0.1, -0.05) is 32.0 Å². The highest BCUT2D eigenvalue weighted by Crippen LogP contribution is 2.24. The molecule has 1 aromatic carbocycles. The maximum absolute atomic E-state index is 12.1. The van der Waals surface area contributed by atoms with Crippen molar-refractivity contribution >= 4 is 11.7 Å². The van der Waals surface area contributed by atoms with Gasteiger partial charge in [0.1, 0.15) is 11.5 Å². The lowest BCUT2D eigenvalue weighted by Crippen LogP contribution is -2.31. The zero-order valence-corrected chi connectivity index (χ0v) is 12.9. The fraction of sp³-hybridized carbons (Fsp3) is 0.353. The normalized spacial score (nSPS) is 12.2. The van der Waals surface area contributed by atoms with Gasteiger partial charge in [-0.2, -0.15) is 0 Å². The minimum Gasteiger partial charge on any atom is -0.464 e. The number of anilines is 1. The molecule has 0 bridgehead atoms. The minimum absolute atomic E-state index is 0.176. The van der Waals surface area contributed by atoms with E-state index in [1.54, 1.807) is 0 Å². The summed E-state index contributed by atoms with van der Waals surface area (Å²) in [4.78, 5) is 12.1. The van der Waals surface area contributed by atoms with Gasteiger partial charge in [0, 0.05) is 5.69 Å². The predicted octanol–water partition coefficient (Wildman–Crippen LogP) is 4.59. The van der Waals surface area contributed by atoms with Crippen molar-refractivity contribution in [3.05, 3.63) is 53.5 Å². The summed E-state index contributed by atoms with van der Waals surface area (Å²) in [6.07, 6.45) is 0. The molecule has 2 aromatic rings. The van der Waals surface area contributed by atoms with Gasteiger partial charge in [-0.05, 0) is 43.5 Å². The van der Waals surface area contributed by atoms with Crippen molar-refractivity contribution in [2.45, 2.75) is 39.7 Å². The Morgan fingerprint density at radius 1 is 1.10 bits per heavy atom. The molecule has 1 aromatic heterocycles. The van der Waals surface area contributed by atoms with Crippen LogP contribution in [0.1, 0.15) is 49.8 Å². The number of nitrogens with one attached hydrogen (secondary N) is 2. The fourth-order valence-electron chi connectivity index (χ4n) is 2.23. The molecule has 0 fully saturated rings. The first-order valence-corrected chi connectivity index (χ1v) is 7.20. The number of benzene rings is 1. The first kappa shape index (κ1) is 15.2. The van der Waals surface area contributed by atoms with Crippen LogP contribution in [0.25, 0.3) is 0 Å². The molecule has 0 radical (unpaired) electrons. The van der Waals surface area contributed by atoms with Gasteiger partial charge in [-0.25, -0.2) is 4.79 Å². The van der Waals surface area contributed by atoms with Crippen LogP contribution in [0, 0.1) is 6.92 Å². The van der Waals surface area contributed by atoms with Crippen LogP contribution < -0.4 is 10.6 Å². The molecule has 1 atom stereocenters. The number of carbonyl (C=O) groups is 1. The van der Waals surface area contributed by atoms with Crippen molar-refractivity contribution in [2.24, 2.45) is 0 Å². The van der Waals surface area contributed by atoms with Gasteiger partial charge in [0.05, 0.1) is 6.04 Å². The molecule has 2 rings (SSSR count). The molecule has 1 unspecified atom stereocenters. The van der Waals surface area contributed by atoms with Crippen molar-refractivity contribution in [1.29, 1.82) is 0 Å². The molecular formula is C17H22N2O2. The Labute approximate surface area is 125 Å². The van der Waals surface area contributed by atoms with Crippen LogP contribution in [0.4, 0.5) is 10.5 Å². The summed E-state index contributed by atoms with van der Waals surface area (Å²) in [5.74, 6) is 1.94. The average molecular weight is 286 g/mol. The number of urea groups is 1. The number of carbonyl (C=O) groups excluding carboxylic acids is 1. The molecule has 4 nitrogen and oxygen atoms in total. The maximum Gasteiger partial charge on any atom is 0.319 e. The van der Waals surface area contributed by atoms with Crippen molar-refractivity contribution in [3.8, 4) is 0 Å². The third-order valence-electron chi connectivity index (χ3n) is 3.37. The largest absolute Gasteiger partial charge is 0.464 e. The molecule has 1 heterocycles. The van der Waals surface area contributed by atoms with Crippen LogP contribution in [0.15, 0.2) is 40.8 Å². The predicted molar refractivity (Wildman–Crippen MR) is 84.5 cm³/mol. The third kappa shape index (κ3) is 3.88. The summed E-state index contributed by atoms with van der Waals surface area (Å²) in [6, 6.07) is 11.2. The molecule has 0 aliphatic rings. The summed E-state index contributed by atoms with van der Waals surface area (Å²) in [5, 5.41) is 5.79. The summed E-state index contributed by atoms with van der Waals surface area (Å²) in [6.45, 7) is 7.99. The first-order chi connectivity index (χ1) is 9.97. The first-order valence-electron chi connectivity index (χ1n) is 7.20. The molecule has 2 amide bonds. The SMILES string of the molecule is Cc1ccc(C(C)NC(=O)Nc2ccccc2C(C)C)o1. The quantitative estimate of drug-likeness (QED) is 0.863. The van der Waals surface area contributed by atoms with Gasteiger partial charge in [-0.3, -0.25) is 0 Å². The lowest BCUT2D eigenvalue weighted by Gasteiger charge is -2.16. The molecule has 21 heavy (non-hydrogen) atoms. The number of hydrogen-bond acceptors (Lipinski definition) is 2. The fourth-order valence-corrected chi connectivity index (χ4v) is 2.23. The minimum atomic E-state index is -0.232. The average Bonchev–Trinajstić information content (AvgIpc) is 2.85. The van der Waals surface area contributed by atoms with E-state index in [0.29, 0.717) is 5.92 Å². The van der Waals surface area contributed by atoms with Crippen molar-refractivity contribution < 1.29 is 9.21 Å². The lowest BCUT2D eigenvalue weighted by molar-refractivity contribution is 0.247. The van der Waals surface area contributed by atoms with E-state index in [1.165, 1.54) is 0 Å². The van der Waals surface area contributed by atoms with E-state index in [0.717, 1.165) is 22.8 Å². The van der Waals surface area contributed by atoms with Gasteiger partial charge < -0.3 is 15.1 Å². The molecule has 112 valence electrons. The number of furan rings is 1. The van der Waals surface area contributed by atoms with Crippen LogP contribution in [0.5, 0.6) is 0 Å². The van der Waals surface area contributed by atoms with Crippen molar-refractivity contribution in [2.75, 3.05) is 5.32 Å². The molecule has 0 spiro atoms. The summed E-state index contributed by atoms with van der Waals surface area (Å²) in [7, 11) is 0. The van der Waals surface area contributed by atoms with E-state index in [4.69, 9.17) is 4.42 Å². The zero-order chi connectivity index (χ0) is 15.4. The highest BCUT2D eigenvalue weighted by molar-refractivity contribution is 5.90. The number of rotatable bonds is 4. The van der Waals surface area contributed by atoms with Gasteiger partial charge in [0.25, 0.3) is 0 Å². The van der Waals surface area contributed by atoms with Crippen LogP contribution in [0.3, 0.4) is 0 Å². The van der Waals surface area contributed by atoms with E-state index in [-0.39, 0.29) is 12.1 Å². The highest BCUT2D eigenvalue weighted by atomic mass is 16.3. The van der Waals surface area contributed by atoms with Crippen LogP contribution in [0.2, 0.25) is 0 Å². The maximum atomic E-state index is 12.1. The number of para-hydroxylation sites is 1. The van der Waals surface area contributed by atoms with E-state index < -0.39 is 0 Å². The number of hydrogen-bond donors (Lipinski definition) is 2. The molecular weight excluding hydrogens is 264 g/mol. The number of amides is 2. The van der Waals surface area contributed by atoms with Gasteiger partial charge in [0.15, 0.2) is 0 Å². The topological polar surface area (TPSA) is 54.3 Å². The smallest absolute Gasteiger partial charge is 0.319 e. The molecule has 2 N–H and O–H groups in total. The third-order valence-corrected chi connectivity index (χ3v) is 3.37. The molecule has 0 aliphatic heterocycles. The summed E-state index contributed by atoms with van der Waals surface area (Å²) < 4.78 is 5.52. The van der Waals surface area contributed by atoms with Crippen LogP contribution in [-0.2, 0) is 0 Å². The Bertz CT molecular complexity index is 617. The second kappa shape index (κ2) is 6.48. The highest BCUT2D eigenvalue weighted by Gasteiger charge is 2.14. The van der Waals surface area contributed by atoms with E-state index in [2.05, 4.69) is 24.5 Å². The van der Waals surface area contributed by atoms with E-state index in [1.807, 2.05) is 50.2 Å². The monoisotopic (exact) mass is 286 g/mol. The molecule has 0 saturated carbocycles. The Morgan fingerprint density at radius 3 is 2.43 bits per heavy atom. The Morgan fingerprint density at radius 2 is 1.81 bits per heavy atom. The summed E-state index contributed by atoms with van der Waals surface area (Å²) >= 11 is 0. The summed E-state index contributed by atoms with van der Waals surface area (Å²) in [5.41, 5.74) is 1.96. The standard InChI is InChI=1S/C17H22N2O2/c1-11(2)14-7-5-6-8-15(14)19-17(20)18-13(4)16-10-9-12(3)21-16/h5-11,13H,1-4H3,(H2,18,19,20). The van der Waals surface area contributed by atoms with E-state index >= 15 is 0 Å². The number of aryl methyl sites for hydroxylation is 1. The molecule has 0 aliphatic carbocycles. The zero-order valence-electron chi connectivity index (χ0n) is 12.9. The van der Waals surface area contributed by atoms with Crippen molar-refractivity contribution in [3.63, 3.8) is 0 Å². The van der Waals surface area contributed by atoms with Gasteiger partial charge >= 0.3 is 6.03 Å². The second-order valence-electron chi connectivity index (χ2n) is 5.51. The Kier molecular flexibility index (Phi) is 4.68. The Hall–Kier alpha value is -2.23. The van der Waals surface area contributed by atoms with Crippen LogP contribution >= 0.6 is 0 Å². The lowest BCUT2D eigenvalue weighted by atomic mass is 10.0. The molecule has 4 heteroatoms. The Balaban J connectivity index is 2.02. The second-order valence-corrected chi connectivity index (χ2v) is 5.51. The van der Waals surface area contributed by atoms with E-state index in [9.17, 15) is 4.79 Å². The van der Waals surface area contributed by atoms with Crippen LogP contribution in [-0.4, -0.2) is 6.03 Å². The van der Waals surface area contributed by atoms with Gasteiger partial charge in [0.2, 0.25) is 0 Å². The van der Waals surface area contributed by atoms with Crippen molar-refractivity contribution in [1.82, 2.24) is 5.32 Å². The van der Waals surface area contributed by atoms with Gasteiger partial charge in [-0.15, -0.1) is 0 Å². The molecule has 0 saturated heterocycles.